The van der Waals surface area contributed by atoms with Crippen LogP contribution in [-0.4, -0.2) is 37.5 Å². The van der Waals surface area contributed by atoms with Crippen molar-refractivity contribution in [3.63, 3.8) is 0 Å². The van der Waals surface area contributed by atoms with E-state index in [2.05, 4.69) is 33.0 Å². The second-order valence-electron chi connectivity index (χ2n) is 4.90. The van der Waals surface area contributed by atoms with Gasteiger partial charge in [0, 0.05) is 12.6 Å². The lowest BCUT2D eigenvalue weighted by molar-refractivity contribution is -0.0320. The maximum absolute atomic E-state index is 5.87. The van der Waals surface area contributed by atoms with Crippen LogP contribution in [0, 0.1) is 0 Å². The summed E-state index contributed by atoms with van der Waals surface area (Å²) in [6.07, 6.45) is 3.30. The SMILES string of the molecule is CC(C)NCC1CCC(COC(C)C)O1. The van der Waals surface area contributed by atoms with Crippen molar-refractivity contribution in [2.45, 2.75) is 64.9 Å². The van der Waals surface area contributed by atoms with Crippen molar-refractivity contribution in [1.82, 2.24) is 5.32 Å². The molecule has 1 aliphatic rings. The Morgan fingerprint density at radius 1 is 1.20 bits per heavy atom. The summed E-state index contributed by atoms with van der Waals surface area (Å²) in [5.74, 6) is 0. The summed E-state index contributed by atoms with van der Waals surface area (Å²) < 4.78 is 11.4. The summed E-state index contributed by atoms with van der Waals surface area (Å²) in [5, 5.41) is 3.41. The van der Waals surface area contributed by atoms with Crippen LogP contribution in [-0.2, 0) is 9.47 Å². The highest BCUT2D eigenvalue weighted by atomic mass is 16.5. The van der Waals surface area contributed by atoms with Crippen molar-refractivity contribution in [2.24, 2.45) is 0 Å². The van der Waals surface area contributed by atoms with Crippen LogP contribution in [0.25, 0.3) is 0 Å². The van der Waals surface area contributed by atoms with E-state index in [0.29, 0.717) is 24.4 Å². The number of ether oxygens (including phenoxy) is 2. The molecule has 0 aliphatic carbocycles. The number of nitrogens with one attached hydrogen (secondary N) is 1. The van der Waals surface area contributed by atoms with Gasteiger partial charge in [0.15, 0.2) is 0 Å². The van der Waals surface area contributed by atoms with Crippen LogP contribution in [0.5, 0.6) is 0 Å². The summed E-state index contributed by atoms with van der Waals surface area (Å²) in [6, 6.07) is 0.541. The van der Waals surface area contributed by atoms with E-state index in [1.165, 1.54) is 0 Å². The molecule has 1 saturated heterocycles. The van der Waals surface area contributed by atoms with Gasteiger partial charge >= 0.3 is 0 Å². The summed E-state index contributed by atoms with van der Waals surface area (Å²) in [6.45, 7) is 10.2. The van der Waals surface area contributed by atoms with Crippen LogP contribution in [0.4, 0.5) is 0 Å². The minimum absolute atomic E-state index is 0.307. The Balaban J connectivity index is 2.10. The summed E-state index contributed by atoms with van der Waals surface area (Å²) in [7, 11) is 0. The van der Waals surface area contributed by atoms with Gasteiger partial charge in [0.05, 0.1) is 24.9 Å². The van der Waals surface area contributed by atoms with E-state index in [1.54, 1.807) is 0 Å². The highest BCUT2D eigenvalue weighted by Gasteiger charge is 2.25. The Bertz CT molecular complexity index is 153. The highest BCUT2D eigenvalue weighted by Crippen LogP contribution is 2.19. The first-order valence-corrected chi connectivity index (χ1v) is 6.08. The monoisotopic (exact) mass is 215 g/mol. The molecule has 0 amide bonds. The molecule has 1 fully saturated rings. The first kappa shape index (κ1) is 12.9. The topological polar surface area (TPSA) is 30.5 Å². The molecule has 1 aliphatic heterocycles. The quantitative estimate of drug-likeness (QED) is 0.734. The molecular formula is C12H25NO2. The molecule has 1 heterocycles. The summed E-state index contributed by atoms with van der Waals surface area (Å²) >= 11 is 0. The molecule has 0 radical (unpaired) electrons. The van der Waals surface area contributed by atoms with Crippen LogP contribution in [0.15, 0.2) is 0 Å². The first-order chi connectivity index (χ1) is 7.08. The zero-order chi connectivity index (χ0) is 11.3. The summed E-state index contributed by atoms with van der Waals surface area (Å²) in [4.78, 5) is 0. The second-order valence-corrected chi connectivity index (χ2v) is 4.90. The van der Waals surface area contributed by atoms with Gasteiger partial charge in [-0.3, -0.25) is 0 Å². The van der Waals surface area contributed by atoms with Crippen LogP contribution < -0.4 is 5.32 Å². The molecule has 3 nitrogen and oxygen atoms in total. The average Bonchev–Trinajstić information content (AvgIpc) is 2.59. The van der Waals surface area contributed by atoms with Gasteiger partial charge in [-0.2, -0.15) is 0 Å². The lowest BCUT2D eigenvalue weighted by atomic mass is 10.2. The average molecular weight is 215 g/mol. The lowest BCUT2D eigenvalue weighted by Crippen LogP contribution is -2.32. The van der Waals surface area contributed by atoms with Crippen molar-refractivity contribution in [1.29, 1.82) is 0 Å². The fourth-order valence-electron chi connectivity index (χ4n) is 1.72. The van der Waals surface area contributed by atoms with Crippen molar-refractivity contribution in [2.75, 3.05) is 13.2 Å². The lowest BCUT2D eigenvalue weighted by Gasteiger charge is -2.17. The van der Waals surface area contributed by atoms with E-state index in [0.717, 1.165) is 26.0 Å². The van der Waals surface area contributed by atoms with Crippen LogP contribution >= 0.6 is 0 Å². The van der Waals surface area contributed by atoms with E-state index in [9.17, 15) is 0 Å². The van der Waals surface area contributed by atoms with Crippen LogP contribution in [0.1, 0.15) is 40.5 Å². The molecule has 0 saturated carbocycles. The molecule has 90 valence electrons. The normalized spacial score (nSPS) is 26.8. The van der Waals surface area contributed by atoms with Gasteiger partial charge in [-0.05, 0) is 26.7 Å². The van der Waals surface area contributed by atoms with Crippen molar-refractivity contribution in [3.8, 4) is 0 Å². The maximum Gasteiger partial charge on any atom is 0.0814 e. The zero-order valence-electron chi connectivity index (χ0n) is 10.5. The third-order valence-electron chi connectivity index (χ3n) is 2.56. The van der Waals surface area contributed by atoms with E-state index < -0.39 is 0 Å². The van der Waals surface area contributed by atoms with Gasteiger partial charge < -0.3 is 14.8 Å². The van der Waals surface area contributed by atoms with E-state index >= 15 is 0 Å². The number of rotatable bonds is 6. The smallest absolute Gasteiger partial charge is 0.0814 e. The van der Waals surface area contributed by atoms with Gasteiger partial charge in [0.2, 0.25) is 0 Å². The van der Waals surface area contributed by atoms with Crippen molar-refractivity contribution >= 4 is 0 Å². The van der Waals surface area contributed by atoms with Gasteiger partial charge in [-0.15, -0.1) is 0 Å². The number of hydrogen-bond donors (Lipinski definition) is 1. The van der Waals surface area contributed by atoms with E-state index in [-0.39, 0.29) is 0 Å². The first-order valence-electron chi connectivity index (χ1n) is 6.08. The molecule has 1 N–H and O–H groups in total. The molecular weight excluding hydrogens is 190 g/mol. The predicted octanol–water partition coefficient (Wildman–Crippen LogP) is 1.96. The molecule has 0 aromatic carbocycles. The predicted molar refractivity (Wildman–Crippen MR) is 62.1 cm³/mol. The van der Waals surface area contributed by atoms with Gasteiger partial charge in [-0.25, -0.2) is 0 Å². The van der Waals surface area contributed by atoms with Gasteiger partial charge in [0.25, 0.3) is 0 Å². The molecule has 15 heavy (non-hydrogen) atoms. The molecule has 1 rings (SSSR count). The minimum atomic E-state index is 0.307. The zero-order valence-corrected chi connectivity index (χ0v) is 10.5. The third-order valence-corrected chi connectivity index (χ3v) is 2.56. The van der Waals surface area contributed by atoms with E-state index in [4.69, 9.17) is 9.47 Å². The minimum Gasteiger partial charge on any atom is -0.376 e. The Kier molecular flexibility index (Phi) is 5.58. The van der Waals surface area contributed by atoms with Crippen molar-refractivity contribution in [3.05, 3.63) is 0 Å². The Morgan fingerprint density at radius 2 is 1.87 bits per heavy atom. The van der Waals surface area contributed by atoms with Gasteiger partial charge in [0.1, 0.15) is 0 Å². The largest absolute Gasteiger partial charge is 0.376 e. The van der Waals surface area contributed by atoms with Gasteiger partial charge in [-0.1, -0.05) is 13.8 Å². The fraction of sp³-hybridized carbons (Fsp3) is 1.00. The van der Waals surface area contributed by atoms with Crippen LogP contribution in [0.2, 0.25) is 0 Å². The Morgan fingerprint density at radius 3 is 2.47 bits per heavy atom. The molecule has 2 unspecified atom stereocenters. The molecule has 0 bridgehead atoms. The molecule has 0 aromatic rings. The van der Waals surface area contributed by atoms with E-state index in [1.807, 2.05) is 0 Å². The number of hydrogen-bond acceptors (Lipinski definition) is 3. The molecule has 0 spiro atoms. The standard InChI is InChI=1S/C12H25NO2/c1-9(2)13-7-11-5-6-12(15-11)8-14-10(3)4/h9-13H,5-8H2,1-4H3. The maximum atomic E-state index is 5.87. The Labute approximate surface area is 93.5 Å². The molecule has 3 heteroatoms. The fourth-order valence-corrected chi connectivity index (χ4v) is 1.72. The third kappa shape index (κ3) is 5.50. The Hall–Kier alpha value is -0.120. The molecule has 2 atom stereocenters. The molecule has 0 aromatic heterocycles. The highest BCUT2D eigenvalue weighted by molar-refractivity contribution is 4.75. The second kappa shape index (κ2) is 6.46. The van der Waals surface area contributed by atoms with Crippen molar-refractivity contribution < 1.29 is 9.47 Å². The summed E-state index contributed by atoms with van der Waals surface area (Å²) in [5.41, 5.74) is 0. The van der Waals surface area contributed by atoms with Crippen LogP contribution in [0.3, 0.4) is 0 Å².